The Kier molecular flexibility index (Phi) is 18.0. The number of amidine groups is 1. The molecule has 0 aromatic heterocycles. The minimum absolute atomic E-state index is 0.0594. The molecule has 1 heterocycles. The number of hydrogen-bond acceptors (Lipinski definition) is 8. The molecule has 298 valence electrons. The first-order valence-electron chi connectivity index (χ1n) is 19.5. The SMILES string of the molecule is CCCCCCCCCCCCCCCCCC(=O)Nc1ccc(NC2=NN(c3c(Cl)cc(Cl)cc3Cl)C(=O)C2/N=N/c2c(C)cc(O)cc2C)c(OC)c1. The molecule has 0 saturated carbocycles. The number of nitrogens with one attached hydrogen (secondary N) is 2. The zero-order valence-electron chi connectivity index (χ0n) is 32.5. The van der Waals surface area contributed by atoms with Crippen molar-refractivity contribution in [1.29, 1.82) is 0 Å². The Labute approximate surface area is 341 Å². The topological polar surface area (TPSA) is 128 Å². The fourth-order valence-electron chi connectivity index (χ4n) is 6.64. The number of unbranched alkanes of at least 4 members (excludes halogenated alkanes) is 14. The summed E-state index contributed by atoms with van der Waals surface area (Å²) in [7, 11) is 1.51. The molecular formula is C42H55Cl3N6O4. The second kappa shape index (κ2) is 22.6. The fourth-order valence-corrected chi connectivity index (χ4v) is 7.61. The third kappa shape index (κ3) is 13.4. The molecule has 0 spiro atoms. The van der Waals surface area contributed by atoms with Crippen molar-refractivity contribution in [2.24, 2.45) is 15.3 Å². The number of phenolic OH excluding ortho intramolecular Hbond substituents is 1. The van der Waals surface area contributed by atoms with Crippen LogP contribution in [-0.2, 0) is 9.59 Å². The van der Waals surface area contributed by atoms with E-state index in [9.17, 15) is 14.7 Å². The van der Waals surface area contributed by atoms with Crippen molar-refractivity contribution in [2.75, 3.05) is 22.8 Å². The quantitative estimate of drug-likeness (QED) is 0.0687. The number of rotatable bonds is 22. The van der Waals surface area contributed by atoms with Crippen molar-refractivity contribution >= 4 is 75.2 Å². The number of hydrazone groups is 1. The number of amides is 2. The molecule has 1 atom stereocenters. The summed E-state index contributed by atoms with van der Waals surface area (Å²) in [6, 6.07) is 10.0. The zero-order chi connectivity index (χ0) is 39.7. The lowest BCUT2D eigenvalue weighted by molar-refractivity contribution is -0.118. The predicted molar refractivity (Wildman–Crippen MR) is 227 cm³/mol. The summed E-state index contributed by atoms with van der Waals surface area (Å²) in [6.07, 6.45) is 19.5. The molecule has 0 radical (unpaired) electrons. The second-order valence-corrected chi connectivity index (χ2v) is 15.4. The van der Waals surface area contributed by atoms with Gasteiger partial charge >= 0.3 is 0 Å². The van der Waals surface area contributed by atoms with E-state index in [-0.39, 0.29) is 33.2 Å². The Balaban J connectivity index is 1.33. The average Bonchev–Trinajstić information content (AvgIpc) is 3.42. The molecule has 13 heteroatoms. The Morgan fingerprint density at radius 2 is 1.38 bits per heavy atom. The molecule has 1 aliphatic rings. The highest BCUT2D eigenvalue weighted by Gasteiger charge is 2.40. The van der Waals surface area contributed by atoms with Gasteiger partial charge in [-0.2, -0.15) is 15.2 Å². The first-order valence-corrected chi connectivity index (χ1v) is 20.7. The van der Waals surface area contributed by atoms with Crippen LogP contribution in [0.15, 0.2) is 57.8 Å². The van der Waals surface area contributed by atoms with Gasteiger partial charge in [-0.15, -0.1) is 5.10 Å². The summed E-state index contributed by atoms with van der Waals surface area (Å²) < 4.78 is 5.66. The maximum absolute atomic E-state index is 13.9. The van der Waals surface area contributed by atoms with Gasteiger partial charge in [0.25, 0.3) is 5.91 Å². The van der Waals surface area contributed by atoms with E-state index in [0.29, 0.717) is 45.4 Å². The molecule has 2 amide bonds. The lowest BCUT2D eigenvalue weighted by Crippen LogP contribution is -2.33. The number of aryl methyl sites for hydroxylation is 2. The van der Waals surface area contributed by atoms with Crippen LogP contribution < -0.4 is 20.4 Å². The molecule has 3 aromatic carbocycles. The lowest BCUT2D eigenvalue weighted by Gasteiger charge is -2.16. The van der Waals surface area contributed by atoms with Crippen LogP contribution in [-0.4, -0.2) is 35.9 Å². The van der Waals surface area contributed by atoms with E-state index >= 15 is 0 Å². The highest BCUT2D eigenvalue weighted by atomic mass is 35.5. The van der Waals surface area contributed by atoms with Gasteiger partial charge in [-0.1, -0.05) is 132 Å². The van der Waals surface area contributed by atoms with E-state index in [0.717, 1.165) is 24.3 Å². The monoisotopic (exact) mass is 812 g/mol. The number of aromatic hydroxyl groups is 1. The molecule has 0 fully saturated rings. The summed E-state index contributed by atoms with van der Waals surface area (Å²) in [5, 5.41) is 31.1. The minimum atomic E-state index is -1.21. The Bertz CT molecular complexity index is 1770. The Hall–Kier alpha value is -3.86. The number of hydrogen-bond donors (Lipinski definition) is 3. The molecule has 3 aromatic rings. The number of carbonyl (C=O) groups excluding carboxylic acids is 2. The zero-order valence-corrected chi connectivity index (χ0v) is 34.8. The summed E-state index contributed by atoms with van der Waals surface area (Å²) in [6.45, 7) is 5.84. The van der Waals surface area contributed by atoms with Gasteiger partial charge < -0.3 is 20.5 Å². The van der Waals surface area contributed by atoms with E-state index in [1.54, 1.807) is 44.2 Å². The van der Waals surface area contributed by atoms with Gasteiger partial charge in [0.05, 0.1) is 28.5 Å². The van der Waals surface area contributed by atoms with Crippen LogP contribution in [0.2, 0.25) is 15.1 Å². The molecule has 3 N–H and O–H groups in total. The number of carbonyl (C=O) groups is 2. The molecule has 4 rings (SSSR count). The smallest absolute Gasteiger partial charge is 0.282 e. The van der Waals surface area contributed by atoms with Crippen molar-refractivity contribution in [1.82, 2.24) is 0 Å². The van der Waals surface area contributed by atoms with Crippen LogP contribution in [0.3, 0.4) is 0 Å². The van der Waals surface area contributed by atoms with Gasteiger partial charge in [0.1, 0.15) is 17.2 Å². The minimum Gasteiger partial charge on any atom is -0.508 e. The van der Waals surface area contributed by atoms with Crippen molar-refractivity contribution in [3.05, 3.63) is 68.7 Å². The number of methoxy groups -OCH3 is 1. The van der Waals surface area contributed by atoms with Crippen molar-refractivity contribution in [3.8, 4) is 11.5 Å². The predicted octanol–water partition coefficient (Wildman–Crippen LogP) is 13.1. The van der Waals surface area contributed by atoms with E-state index < -0.39 is 11.9 Å². The van der Waals surface area contributed by atoms with Crippen LogP contribution in [0.5, 0.6) is 11.5 Å². The third-order valence-electron chi connectivity index (χ3n) is 9.61. The van der Waals surface area contributed by atoms with Crippen molar-refractivity contribution < 1.29 is 19.4 Å². The van der Waals surface area contributed by atoms with Crippen LogP contribution >= 0.6 is 34.8 Å². The molecule has 0 bridgehead atoms. The van der Waals surface area contributed by atoms with Gasteiger partial charge in [-0.3, -0.25) is 9.59 Å². The second-order valence-electron chi connectivity index (χ2n) is 14.2. The number of phenols is 1. The highest BCUT2D eigenvalue weighted by molar-refractivity contribution is 6.43. The highest BCUT2D eigenvalue weighted by Crippen LogP contribution is 2.40. The molecule has 1 unspecified atom stereocenters. The normalized spacial score (nSPS) is 14.2. The molecule has 1 aliphatic heterocycles. The summed E-state index contributed by atoms with van der Waals surface area (Å²) in [5.74, 6) is 0.0174. The summed E-state index contributed by atoms with van der Waals surface area (Å²) in [5.41, 5.74) is 3.06. The average molecular weight is 814 g/mol. The summed E-state index contributed by atoms with van der Waals surface area (Å²) in [4.78, 5) is 26.7. The first-order chi connectivity index (χ1) is 26.5. The van der Waals surface area contributed by atoms with E-state index in [1.165, 1.54) is 96.3 Å². The van der Waals surface area contributed by atoms with Gasteiger partial charge in [0, 0.05) is 23.2 Å². The first kappa shape index (κ1) is 43.9. The largest absolute Gasteiger partial charge is 0.508 e. The van der Waals surface area contributed by atoms with Gasteiger partial charge in [0.15, 0.2) is 5.84 Å². The lowest BCUT2D eigenvalue weighted by atomic mass is 10.0. The Morgan fingerprint density at radius 3 is 1.93 bits per heavy atom. The third-order valence-corrected chi connectivity index (χ3v) is 10.4. The maximum atomic E-state index is 13.9. The summed E-state index contributed by atoms with van der Waals surface area (Å²) >= 11 is 19.1. The van der Waals surface area contributed by atoms with Crippen LogP contribution in [0.25, 0.3) is 0 Å². The van der Waals surface area contributed by atoms with E-state index in [1.807, 2.05) is 0 Å². The number of halogens is 3. The number of benzene rings is 3. The van der Waals surface area contributed by atoms with E-state index in [4.69, 9.17) is 39.5 Å². The molecule has 0 saturated heterocycles. The van der Waals surface area contributed by atoms with Gasteiger partial charge in [0.2, 0.25) is 11.9 Å². The van der Waals surface area contributed by atoms with Crippen LogP contribution in [0, 0.1) is 13.8 Å². The molecule has 10 nitrogen and oxygen atoms in total. The van der Waals surface area contributed by atoms with Crippen LogP contribution in [0.4, 0.5) is 22.7 Å². The number of anilines is 3. The standard InChI is InChI=1S/C42H55Cl3N6O4/c1-5-6-7-8-9-10-11-12-13-14-15-16-17-18-19-20-37(53)46-31-21-22-35(36(27-31)55-4)47-41-39(49-48-38-28(2)23-32(52)24-29(38)3)42(54)51(50-41)40-33(44)25-30(43)26-34(40)45/h21-27,39,52H,5-20H2,1-4H3,(H,46,53)(H,47,50)/b49-48+. The molecular weight excluding hydrogens is 759 g/mol. The fraction of sp³-hybridized carbons (Fsp3) is 0.500. The number of azo groups is 1. The van der Waals surface area contributed by atoms with Gasteiger partial charge in [-0.05, 0) is 67.8 Å². The molecule has 0 aliphatic carbocycles. The Morgan fingerprint density at radius 1 is 0.836 bits per heavy atom. The number of ether oxygens (including phenoxy) is 1. The van der Waals surface area contributed by atoms with E-state index in [2.05, 4.69) is 32.9 Å². The van der Waals surface area contributed by atoms with Crippen LogP contribution in [0.1, 0.15) is 121 Å². The van der Waals surface area contributed by atoms with Crippen molar-refractivity contribution in [2.45, 2.75) is 130 Å². The van der Waals surface area contributed by atoms with Gasteiger partial charge in [-0.25, -0.2) is 0 Å². The molecule has 55 heavy (non-hydrogen) atoms. The maximum Gasteiger partial charge on any atom is 0.282 e. The van der Waals surface area contributed by atoms with Crippen molar-refractivity contribution in [3.63, 3.8) is 0 Å². The number of nitrogens with zero attached hydrogens (tertiary/aromatic N) is 4.